The van der Waals surface area contributed by atoms with Gasteiger partial charge in [0.2, 0.25) is 0 Å². The second-order valence-electron chi connectivity index (χ2n) is 6.64. The topological polar surface area (TPSA) is 102 Å². The van der Waals surface area contributed by atoms with Crippen LogP contribution in [0.15, 0.2) is 42.5 Å². The predicted molar refractivity (Wildman–Crippen MR) is 108 cm³/mol. The molecule has 0 aliphatic carbocycles. The van der Waals surface area contributed by atoms with Crippen LogP contribution in [0.1, 0.15) is 28.8 Å². The van der Waals surface area contributed by atoms with Crippen molar-refractivity contribution in [2.24, 2.45) is 0 Å². The number of anilines is 1. The lowest BCUT2D eigenvalue weighted by atomic mass is 10.1. The second-order valence-corrected chi connectivity index (χ2v) is 7.07. The fourth-order valence-corrected chi connectivity index (χ4v) is 3.36. The Morgan fingerprint density at radius 3 is 2.62 bits per heavy atom. The molecule has 1 aliphatic rings. The predicted octanol–water partition coefficient (Wildman–Crippen LogP) is 3.32. The minimum atomic E-state index is -0.770. The number of nitro benzene ring substituents is 1. The molecular formula is C20H20ClN3O5. The van der Waals surface area contributed by atoms with Gasteiger partial charge in [0.1, 0.15) is 0 Å². The molecule has 1 aliphatic heterocycles. The average molecular weight is 418 g/mol. The van der Waals surface area contributed by atoms with Gasteiger partial charge in [0, 0.05) is 36.8 Å². The van der Waals surface area contributed by atoms with Gasteiger partial charge in [-0.05, 0) is 36.6 Å². The molecule has 1 amide bonds. The number of hydrogen-bond acceptors (Lipinski definition) is 6. The number of nitrogens with zero attached hydrogens (tertiary/aromatic N) is 2. The highest BCUT2D eigenvalue weighted by Gasteiger charge is 2.24. The van der Waals surface area contributed by atoms with Crippen molar-refractivity contribution in [1.82, 2.24) is 5.32 Å². The summed E-state index contributed by atoms with van der Waals surface area (Å²) in [4.78, 5) is 37.1. The largest absolute Gasteiger partial charge is 0.452 e. The molecule has 0 unspecified atom stereocenters. The van der Waals surface area contributed by atoms with Crippen LogP contribution in [0.4, 0.5) is 11.4 Å². The summed E-state index contributed by atoms with van der Waals surface area (Å²) in [6.45, 7) is 1.28. The van der Waals surface area contributed by atoms with E-state index in [1.54, 1.807) is 24.3 Å². The molecule has 2 aromatic rings. The van der Waals surface area contributed by atoms with Crippen molar-refractivity contribution in [3.05, 3.63) is 68.7 Å². The molecule has 0 spiro atoms. The summed E-state index contributed by atoms with van der Waals surface area (Å²) in [6.07, 6.45) is 1.97. The highest BCUT2D eigenvalue weighted by Crippen LogP contribution is 2.29. The van der Waals surface area contributed by atoms with E-state index in [1.165, 1.54) is 12.1 Å². The zero-order chi connectivity index (χ0) is 20.8. The zero-order valence-corrected chi connectivity index (χ0v) is 16.4. The van der Waals surface area contributed by atoms with Gasteiger partial charge in [-0.25, -0.2) is 4.79 Å². The van der Waals surface area contributed by atoms with Gasteiger partial charge in [-0.2, -0.15) is 0 Å². The van der Waals surface area contributed by atoms with Crippen LogP contribution in [0.25, 0.3) is 0 Å². The van der Waals surface area contributed by atoms with Crippen LogP contribution in [-0.2, 0) is 16.1 Å². The van der Waals surface area contributed by atoms with Crippen LogP contribution in [0.5, 0.6) is 0 Å². The maximum atomic E-state index is 12.6. The third-order valence-electron chi connectivity index (χ3n) is 4.57. The maximum absolute atomic E-state index is 12.6. The average Bonchev–Trinajstić information content (AvgIpc) is 3.24. The van der Waals surface area contributed by atoms with Crippen molar-refractivity contribution >= 4 is 34.9 Å². The minimum absolute atomic E-state index is 0.0868. The van der Waals surface area contributed by atoms with E-state index in [9.17, 15) is 19.7 Å². The van der Waals surface area contributed by atoms with E-state index >= 15 is 0 Å². The van der Waals surface area contributed by atoms with Crippen molar-refractivity contribution in [2.45, 2.75) is 19.4 Å². The number of esters is 1. The maximum Gasteiger partial charge on any atom is 0.341 e. The first-order valence-electron chi connectivity index (χ1n) is 9.15. The Morgan fingerprint density at radius 1 is 1.17 bits per heavy atom. The molecule has 2 aromatic carbocycles. The SMILES string of the molecule is O=C(COC(=O)c1cc([N+](=O)[O-])ccc1N1CCCC1)NCc1cccc(Cl)c1. The van der Waals surface area contributed by atoms with E-state index < -0.39 is 23.4 Å². The fourth-order valence-electron chi connectivity index (χ4n) is 3.14. The summed E-state index contributed by atoms with van der Waals surface area (Å²) in [7, 11) is 0. The number of rotatable bonds is 7. The van der Waals surface area contributed by atoms with E-state index in [1.807, 2.05) is 11.0 Å². The number of non-ortho nitro benzene ring substituents is 1. The smallest absolute Gasteiger partial charge is 0.341 e. The number of benzene rings is 2. The monoisotopic (exact) mass is 417 g/mol. The van der Waals surface area contributed by atoms with E-state index in [4.69, 9.17) is 16.3 Å². The van der Waals surface area contributed by atoms with Crippen molar-refractivity contribution in [1.29, 1.82) is 0 Å². The van der Waals surface area contributed by atoms with E-state index in [-0.39, 0.29) is 17.8 Å². The lowest BCUT2D eigenvalue weighted by Crippen LogP contribution is -2.29. The Bertz CT molecular complexity index is 928. The molecule has 1 heterocycles. The van der Waals surface area contributed by atoms with Crippen molar-refractivity contribution in [3.8, 4) is 0 Å². The zero-order valence-electron chi connectivity index (χ0n) is 15.6. The number of carbonyl (C=O) groups excluding carboxylic acids is 2. The van der Waals surface area contributed by atoms with Gasteiger partial charge in [0.15, 0.2) is 6.61 Å². The van der Waals surface area contributed by atoms with E-state index in [0.717, 1.165) is 31.5 Å². The van der Waals surface area contributed by atoms with Crippen LogP contribution < -0.4 is 10.2 Å². The molecule has 9 heteroatoms. The molecule has 3 rings (SSSR count). The molecule has 0 saturated carbocycles. The number of carbonyl (C=O) groups is 2. The van der Waals surface area contributed by atoms with Crippen LogP contribution in [0.2, 0.25) is 5.02 Å². The van der Waals surface area contributed by atoms with Crippen molar-refractivity contribution in [2.75, 3.05) is 24.6 Å². The second kappa shape index (κ2) is 9.38. The third kappa shape index (κ3) is 5.45. The highest BCUT2D eigenvalue weighted by atomic mass is 35.5. The van der Waals surface area contributed by atoms with Gasteiger partial charge in [-0.15, -0.1) is 0 Å². The van der Waals surface area contributed by atoms with Gasteiger partial charge in [0.25, 0.3) is 11.6 Å². The van der Waals surface area contributed by atoms with Gasteiger partial charge in [-0.1, -0.05) is 23.7 Å². The summed E-state index contributed by atoms with van der Waals surface area (Å²) >= 11 is 5.90. The number of amides is 1. The van der Waals surface area contributed by atoms with Crippen molar-refractivity contribution in [3.63, 3.8) is 0 Å². The lowest BCUT2D eigenvalue weighted by molar-refractivity contribution is -0.384. The van der Waals surface area contributed by atoms with Gasteiger partial charge in [0.05, 0.1) is 16.2 Å². The van der Waals surface area contributed by atoms with Crippen molar-refractivity contribution < 1.29 is 19.2 Å². The molecular weight excluding hydrogens is 398 g/mol. The number of nitro groups is 1. The molecule has 1 N–H and O–H groups in total. The summed E-state index contributed by atoms with van der Waals surface area (Å²) in [5, 5.41) is 14.3. The van der Waals surface area contributed by atoms with Gasteiger partial charge in [-0.3, -0.25) is 14.9 Å². The molecule has 0 aromatic heterocycles. The van der Waals surface area contributed by atoms with Gasteiger partial charge >= 0.3 is 5.97 Å². The third-order valence-corrected chi connectivity index (χ3v) is 4.81. The molecule has 0 radical (unpaired) electrons. The Kier molecular flexibility index (Phi) is 6.66. The Labute approximate surface area is 172 Å². The van der Waals surface area contributed by atoms with Gasteiger partial charge < -0.3 is 15.0 Å². The van der Waals surface area contributed by atoms with E-state index in [2.05, 4.69) is 5.32 Å². The number of hydrogen-bond donors (Lipinski definition) is 1. The molecule has 0 bridgehead atoms. The summed E-state index contributed by atoms with van der Waals surface area (Å²) < 4.78 is 5.11. The van der Waals surface area contributed by atoms with Crippen LogP contribution in [-0.4, -0.2) is 36.5 Å². The summed E-state index contributed by atoms with van der Waals surface area (Å²) in [5.74, 6) is -1.25. The van der Waals surface area contributed by atoms with Crippen LogP contribution in [0, 0.1) is 10.1 Å². The Hall–Kier alpha value is -3.13. The number of halogens is 1. The number of ether oxygens (including phenoxy) is 1. The normalized spacial score (nSPS) is 13.2. The molecule has 152 valence electrons. The quantitative estimate of drug-likeness (QED) is 0.421. The summed E-state index contributed by atoms with van der Waals surface area (Å²) in [5.41, 5.74) is 1.28. The standard InChI is InChI=1S/C20H20ClN3O5/c21-15-5-3-4-14(10-15)12-22-19(25)13-29-20(26)17-11-16(24(27)28)6-7-18(17)23-8-1-2-9-23/h3-7,10-11H,1-2,8-9,12-13H2,(H,22,25). The molecule has 8 nitrogen and oxygen atoms in total. The Balaban J connectivity index is 1.63. The minimum Gasteiger partial charge on any atom is -0.452 e. The lowest BCUT2D eigenvalue weighted by Gasteiger charge is -2.20. The molecule has 1 saturated heterocycles. The Morgan fingerprint density at radius 2 is 1.93 bits per heavy atom. The molecule has 0 atom stereocenters. The van der Waals surface area contributed by atoms with Crippen LogP contribution >= 0.6 is 11.6 Å². The first-order chi connectivity index (χ1) is 13.9. The first kappa shape index (κ1) is 20.6. The van der Waals surface area contributed by atoms with E-state index in [0.29, 0.717) is 10.7 Å². The highest BCUT2D eigenvalue weighted by molar-refractivity contribution is 6.30. The molecule has 29 heavy (non-hydrogen) atoms. The van der Waals surface area contributed by atoms with Crippen LogP contribution in [0.3, 0.4) is 0 Å². The number of nitrogens with one attached hydrogen (secondary N) is 1. The first-order valence-corrected chi connectivity index (χ1v) is 9.53. The fraction of sp³-hybridized carbons (Fsp3) is 0.300. The summed E-state index contributed by atoms with van der Waals surface area (Å²) in [6, 6.07) is 11.1. The molecule has 1 fully saturated rings.